The van der Waals surface area contributed by atoms with E-state index in [0.717, 1.165) is 20.8 Å². The molecule has 0 radical (unpaired) electrons. The lowest BCUT2D eigenvalue weighted by Gasteiger charge is -2.07. The standard InChI is InChI=1S/C12H11BrN3/c1-16-6-8-3-2-4-10(13)12(8)9(7-16)11(15)5-14/h2-4,6-7,11H,15H2,1H3/q+1. The molecule has 1 unspecified atom stereocenters. The van der Waals surface area contributed by atoms with E-state index in [1.165, 1.54) is 0 Å². The van der Waals surface area contributed by atoms with Crippen LogP contribution in [0.5, 0.6) is 0 Å². The van der Waals surface area contributed by atoms with Gasteiger partial charge < -0.3 is 5.73 Å². The smallest absolute Gasteiger partial charge is 0.176 e. The summed E-state index contributed by atoms with van der Waals surface area (Å²) < 4.78 is 2.88. The average molecular weight is 277 g/mol. The molecule has 0 aliphatic carbocycles. The van der Waals surface area contributed by atoms with Crippen LogP contribution in [-0.2, 0) is 7.05 Å². The molecule has 0 amide bonds. The maximum atomic E-state index is 8.93. The molecule has 1 aromatic heterocycles. The van der Waals surface area contributed by atoms with Crippen molar-refractivity contribution in [2.45, 2.75) is 6.04 Å². The van der Waals surface area contributed by atoms with Crippen LogP contribution >= 0.6 is 15.9 Å². The van der Waals surface area contributed by atoms with Gasteiger partial charge in [0.2, 0.25) is 0 Å². The minimum absolute atomic E-state index is 0.603. The zero-order chi connectivity index (χ0) is 11.7. The molecule has 2 aromatic rings. The van der Waals surface area contributed by atoms with Crippen LogP contribution in [0.4, 0.5) is 0 Å². The monoisotopic (exact) mass is 276 g/mol. The van der Waals surface area contributed by atoms with Gasteiger partial charge in [-0.05, 0) is 12.1 Å². The number of halogens is 1. The van der Waals surface area contributed by atoms with Gasteiger partial charge in [0, 0.05) is 15.2 Å². The number of benzene rings is 1. The summed E-state index contributed by atoms with van der Waals surface area (Å²) >= 11 is 3.50. The van der Waals surface area contributed by atoms with Gasteiger partial charge in [-0.2, -0.15) is 5.26 Å². The Kier molecular flexibility index (Phi) is 2.90. The lowest BCUT2D eigenvalue weighted by molar-refractivity contribution is -0.670. The maximum Gasteiger partial charge on any atom is 0.176 e. The van der Waals surface area contributed by atoms with Crippen molar-refractivity contribution in [3.8, 4) is 6.07 Å². The molecule has 80 valence electrons. The molecule has 0 saturated carbocycles. The van der Waals surface area contributed by atoms with Crippen molar-refractivity contribution in [1.82, 2.24) is 0 Å². The summed E-state index contributed by atoms with van der Waals surface area (Å²) in [4.78, 5) is 0. The number of fused-ring (bicyclic) bond motifs is 1. The second kappa shape index (κ2) is 4.20. The van der Waals surface area contributed by atoms with Gasteiger partial charge in [0.1, 0.15) is 13.1 Å². The van der Waals surface area contributed by atoms with Crippen molar-refractivity contribution in [3.05, 3.63) is 40.6 Å². The zero-order valence-corrected chi connectivity index (χ0v) is 10.4. The van der Waals surface area contributed by atoms with Crippen LogP contribution in [0, 0.1) is 11.3 Å². The fourth-order valence-electron chi connectivity index (χ4n) is 1.80. The van der Waals surface area contributed by atoms with Crippen LogP contribution in [0.1, 0.15) is 11.6 Å². The first-order valence-electron chi connectivity index (χ1n) is 4.86. The fourth-order valence-corrected chi connectivity index (χ4v) is 2.41. The van der Waals surface area contributed by atoms with Crippen molar-refractivity contribution in [1.29, 1.82) is 5.26 Å². The van der Waals surface area contributed by atoms with Crippen LogP contribution in [-0.4, -0.2) is 0 Å². The Bertz CT molecular complexity index is 587. The number of nitrogens with two attached hydrogens (primary N) is 1. The van der Waals surface area contributed by atoms with Crippen molar-refractivity contribution in [2.24, 2.45) is 12.8 Å². The quantitative estimate of drug-likeness (QED) is 0.810. The molecule has 2 N–H and O–H groups in total. The Morgan fingerprint density at radius 3 is 2.88 bits per heavy atom. The Morgan fingerprint density at radius 2 is 2.19 bits per heavy atom. The number of hydrogen-bond donors (Lipinski definition) is 1. The highest BCUT2D eigenvalue weighted by Gasteiger charge is 2.15. The van der Waals surface area contributed by atoms with E-state index in [4.69, 9.17) is 11.0 Å². The second-order valence-corrected chi connectivity index (χ2v) is 4.54. The fraction of sp³-hybridized carbons (Fsp3) is 0.167. The predicted octanol–water partition coefficient (Wildman–Crippen LogP) is 1.95. The number of aryl methyl sites for hydroxylation is 1. The molecule has 1 aromatic carbocycles. The van der Waals surface area contributed by atoms with Crippen LogP contribution in [0.2, 0.25) is 0 Å². The lowest BCUT2D eigenvalue weighted by atomic mass is 10.0. The summed E-state index contributed by atoms with van der Waals surface area (Å²) in [5.74, 6) is 0. The van der Waals surface area contributed by atoms with Crippen LogP contribution in [0.25, 0.3) is 10.8 Å². The molecule has 4 heteroatoms. The van der Waals surface area contributed by atoms with Gasteiger partial charge in [-0.15, -0.1) is 0 Å². The first kappa shape index (κ1) is 11.1. The molecule has 0 aliphatic heterocycles. The van der Waals surface area contributed by atoms with E-state index in [1.54, 1.807) is 0 Å². The molecule has 2 rings (SSSR count). The summed E-state index contributed by atoms with van der Waals surface area (Å²) in [5, 5.41) is 11.0. The minimum atomic E-state index is -0.603. The number of nitrogens with zero attached hydrogens (tertiary/aromatic N) is 2. The van der Waals surface area contributed by atoms with E-state index >= 15 is 0 Å². The normalized spacial score (nSPS) is 12.4. The number of hydrogen-bond acceptors (Lipinski definition) is 2. The van der Waals surface area contributed by atoms with Gasteiger partial charge >= 0.3 is 0 Å². The third-order valence-electron chi connectivity index (χ3n) is 2.49. The van der Waals surface area contributed by atoms with E-state index in [1.807, 2.05) is 42.2 Å². The Hall–Kier alpha value is -1.44. The molecule has 1 heterocycles. The van der Waals surface area contributed by atoms with E-state index in [-0.39, 0.29) is 0 Å². The molecule has 16 heavy (non-hydrogen) atoms. The molecule has 0 spiro atoms. The Morgan fingerprint density at radius 1 is 1.44 bits per heavy atom. The summed E-state index contributed by atoms with van der Waals surface area (Å²) in [6.07, 6.45) is 3.90. The number of pyridine rings is 1. The summed E-state index contributed by atoms with van der Waals surface area (Å²) in [6, 6.07) is 7.40. The molecular formula is C12H11BrN3+. The average Bonchev–Trinajstić information content (AvgIpc) is 2.27. The largest absolute Gasteiger partial charge is 0.312 e. The molecule has 0 saturated heterocycles. The number of aromatic nitrogens is 1. The van der Waals surface area contributed by atoms with E-state index in [9.17, 15) is 0 Å². The summed E-state index contributed by atoms with van der Waals surface area (Å²) in [7, 11) is 1.92. The highest BCUT2D eigenvalue weighted by Crippen LogP contribution is 2.28. The molecule has 0 bridgehead atoms. The highest BCUT2D eigenvalue weighted by molar-refractivity contribution is 9.10. The highest BCUT2D eigenvalue weighted by atomic mass is 79.9. The molecule has 3 nitrogen and oxygen atoms in total. The molecule has 1 atom stereocenters. The zero-order valence-electron chi connectivity index (χ0n) is 8.81. The van der Waals surface area contributed by atoms with E-state index in [0.29, 0.717) is 0 Å². The van der Waals surface area contributed by atoms with Gasteiger partial charge in [-0.25, -0.2) is 4.57 Å². The minimum Gasteiger partial charge on any atom is -0.312 e. The first-order chi connectivity index (χ1) is 7.63. The number of rotatable bonds is 1. The SMILES string of the molecule is C[n+]1cc(C(N)C#N)c2c(Br)cccc2c1. The third-order valence-corrected chi connectivity index (χ3v) is 3.15. The lowest BCUT2D eigenvalue weighted by Crippen LogP contribution is -2.29. The van der Waals surface area contributed by atoms with Crippen molar-refractivity contribution < 1.29 is 4.57 Å². The summed E-state index contributed by atoms with van der Waals surface area (Å²) in [6.45, 7) is 0. The van der Waals surface area contributed by atoms with Gasteiger partial charge in [-0.1, -0.05) is 22.0 Å². The van der Waals surface area contributed by atoms with Crippen molar-refractivity contribution in [2.75, 3.05) is 0 Å². The predicted molar refractivity (Wildman–Crippen MR) is 65.4 cm³/mol. The van der Waals surface area contributed by atoms with Crippen LogP contribution in [0.15, 0.2) is 35.1 Å². The van der Waals surface area contributed by atoms with Crippen LogP contribution < -0.4 is 10.3 Å². The molecule has 0 fully saturated rings. The van der Waals surface area contributed by atoms with Crippen molar-refractivity contribution >= 4 is 26.7 Å². The summed E-state index contributed by atoms with van der Waals surface area (Å²) in [5.41, 5.74) is 6.65. The third kappa shape index (κ3) is 1.80. The molecular weight excluding hydrogens is 266 g/mol. The van der Waals surface area contributed by atoms with Crippen molar-refractivity contribution in [3.63, 3.8) is 0 Å². The Balaban J connectivity index is 2.86. The van der Waals surface area contributed by atoms with E-state index in [2.05, 4.69) is 22.0 Å². The van der Waals surface area contributed by atoms with Crippen LogP contribution in [0.3, 0.4) is 0 Å². The Labute approximate surface area is 102 Å². The topological polar surface area (TPSA) is 53.7 Å². The number of nitriles is 1. The first-order valence-corrected chi connectivity index (χ1v) is 5.65. The van der Waals surface area contributed by atoms with E-state index < -0.39 is 6.04 Å². The maximum absolute atomic E-state index is 8.93. The van der Waals surface area contributed by atoms with Gasteiger partial charge in [-0.3, -0.25) is 0 Å². The van der Waals surface area contributed by atoms with Gasteiger partial charge in [0.25, 0.3) is 0 Å². The van der Waals surface area contributed by atoms with Gasteiger partial charge in [0.05, 0.1) is 11.6 Å². The second-order valence-electron chi connectivity index (χ2n) is 3.69. The molecule has 0 aliphatic rings. The van der Waals surface area contributed by atoms with Gasteiger partial charge in [0.15, 0.2) is 12.4 Å².